The first-order valence-electron chi connectivity index (χ1n) is 6.70. The number of nitrogens with zero attached hydrogens (tertiary/aromatic N) is 4. The predicted octanol–water partition coefficient (Wildman–Crippen LogP) is 1.80. The summed E-state index contributed by atoms with van der Waals surface area (Å²) in [5.74, 6) is 0.437. The molecule has 0 aromatic carbocycles. The molecule has 3 heterocycles. The molecule has 0 radical (unpaired) electrons. The molecule has 1 saturated carbocycles. The highest BCUT2D eigenvalue weighted by Crippen LogP contribution is 2.40. The molecule has 1 fully saturated rings. The Kier molecular flexibility index (Phi) is 2.60. The van der Waals surface area contributed by atoms with E-state index in [1.54, 1.807) is 11.3 Å². The van der Waals surface area contributed by atoms with Crippen LogP contribution in [0.25, 0.3) is 0 Å². The number of anilines is 1. The Morgan fingerprint density at radius 3 is 3.00 bits per heavy atom. The summed E-state index contributed by atoms with van der Waals surface area (Å²) in [5, 5.41) is 17.8. The van der Waals surface area contributed by atoms with E-state index >= 15 is 0 Å². The maximum atomic E-state index is 10.2. The van der Waals surface area contributed by atoms with Gasteiger partial charge in [0.05, 0.1) is 24.5 Å². The van der Waals surface area contributed by atoms with Crippen LogP contribution in [0.1, 0.15) is 30.3 Å². The van der Waals surface area contributed by atoms with Crippen LogP contribution in [-0.4, -0.2) is 26.4 Å². The fourth-order valence-electron chi connectivity index (χ4n) is 2.62. The van der Waals surface area contributed by atoms with Gasteiger partial charge in [0, 0.05) is 18.1 Å². The fourth-order valence-corrected chi connectivity index (χ4v) is 3.29. The van der Waals surface area contributed by atoms with Gasteiger partial charge < -0.3 is 10.0 Å². The van der Waals surface area contributed by atoms with E-state index in [2.05, 4.69) is 21.0 Å². The predicted molar refractivity (Wildman–Crippen MR) is 73.1 cm³/mol. The van der Waals surface area contributed by atoms with Crippen molar-refractivity contribution in [1.82, 2.24) is 14.8 Å². The van der Waals surface area contributed by atoms with E-state index < -0.39 is 0 Å². The Labute approximate surface area is 115 Å². The number of aliphatic hydroxyl groups is 1. The Balaban J connectivity index is 1.57. The molecule has 2 aromatic heterocycles. The molecule has 4 rings (SSSR count). The molecule has 1 aliphatic heterocycles. The Hall–Kier alpha value is -1.40. The van der Waals surface area contributed by atoms with Gasteiger partial charge >= 0.3 is 0 Å². The lowest BCUT2D eigenvalue weighted by molar-refractivity contribution is 0.148. The average Bonchev–Trinajstić information content (AvgIpc) is 2.98. The summed E-state index contributed by atoms with van der Waals surface area (Å²) in [6.45, 7) is 2.63. The lowest BCUT2D eigenvalue weighted by atomic mass is 10.1. The number of thiazole rings is 1. The SMILES string of the molecule is O[C@H](c1cc2n(n1)CCN(c1nccs1)C2)C1CC1. The molecule has 0 saturated heterocycles. The van der Waals surface area contributed by atoms with Gasteiger partial charge in [-0.3, -0.25) is 4.68 Å². The van der Waals surface area contributed by atoms with Crippen molar-refractivity contribution < 1.29 is 5.11 Å². The molecule has 1 atom stereocenters. The standard InChI is InChI=1S/C13H16N4OS/c18-12(9-1-2-9)11-7-10-8-16(4-5-17(10)15-11)13-14-3-6-19-13/h3,6-7,9,12,18H,1-2,4-5,8H2/t12-/m0/s1. The van der Waals surface area contributed by atoms with Crippen LogP contribution in [0.4, 0.5) is 5.13 Å². The monoisotopic (exact) mass is 276 g/mol. The van der Waals surface area contributed by atoms with Crippen molar-refractivity contribution in [3.8, 4) is 0 Å². The second-order valence-corrected chi connectivity index (χ2v) is 6.18. The zero-order valence-electron chi connectivity index (χ0n) is 10.6. The molecule has 1 N–H and O–H groups in total. The molecular weight excluding hydrogens is 260 g/mol. The summed E-state index contributed by atoms with van der Waals surface area (Å²) in [6, 6.07) is 2.06. The molecule has 19 heavy (non-hydrogen) atoms. The quantitative estimate of drug-likeness (QED) is 0.929. The zero-order chi connectivity index (χ0) is 12.8. The summed E-state index contributed by atoms with van der Waals surface area (Å²) in [5.41, 5.74) is 2.02. The maximum absolute atomic E-state index is 10.2. The highest BCUT2D eigenvalue weighted by molar-refractivity contribution is 7.13. The minimum absolute atomic E-state index is 0.369. The first kappa shape index (κ1) is 11.4. The minimum Gasteiger partial charge on any atom is -0.386 e. The first-order valence-corrected chi connectivity index (χ1v) is 7.58. The van der Waals surface area contributed by atoms with Crippen molar-refractivity contribution in [2.45, 2.75) is 32.0 Å². The fraction of sp³-hybridized carbons (Fsp3) is 0.538. The largest absolute Gasteiger partial charge is 0.386 e. The molecule has 0 bridgehead atoms. The molecule has 0 unspecified atom stereocenters. The van der Waals surface area contributed by atoms with Crippen molar-refractivity contribution in [2.24, 2.45) is 5.92 Å². The number of aliphatic hydroxyl groups excluding tert-OH is 1. The normalized spacial score (nSPS) is 20.4. The van der Waals surface area contributed by atoms with Gasteiger partial charge in [0.15, 0.2) is 5.13 Å². The van der Waals surface area contributed by atoms with E-state index in [0.717, 1.165) is 43.3 Å². The van der Waals surface area contributed by atoms with Gasteiger partial charge in [0.25, 0.3) is 0 Å². The summed E-state index contributed by atoms with van der Waals surface area (Å²) < 4.78 is 2.03. The highest BCUT2D eigenvalue weighted by atomic mass is 32.1. The summed E-state index contributed by atoms with van der Waals surface area (Å²) in [6.07, 6.45) is 3.74. The Morgan fingerprint density at radius 2 is 2.26 bits per heavy atom. The van der Waals surface area contributed by atoms with Crippen LogP contribution in [0.2, 0.25) is 0 Å². The summed E-state index contributed by atoms with van der Waals surface area (Å²) >= 11 is 1.67. The third-order valence-electron chi connectivity index (χ3n) is 3.88. The van der Waals surface area contributed by atoms with Gasteiger partial charge in [0.1, 0.15) is 6.10 Å². The number of hydrogen-bond acceptors (Lipinski definition) is 5. The van der Waals surface area contributed by atoms with Crippen LogP contribution >= 0.6 is 11.3 Å². The number of rotatable bonds is 3. The number of hydrogen-bond donors (Lipinski definition) is 1. The Morgan fingerprint density at radius 1 is 1.37 bits per heavy atom. The summed E-state index contributed by atoms with van der Waals surface area (Å²) in [7, 11) is 0. The van der Waals surface area contributed by atoms with E-state index in [1.165, 1.54) is 5.69 Å². The topological polar surface area (TPSA) is 54.2 Å². The molecule has 100 valence electrons. The van der Waals surface area contributed by atoms with Crippen molar-refractivity contribution in [3.05, 3.63) is 29.0 Å². The van der Waals surface area contributed by atoms with Crippen LogP contribution in [0.15, 0.2) is 17.6 Å². The van der Waals surface area contributed by atoms with Gasteiger partial charge in [-0.05, 0) is 24.8 Å². The number of fused-ring (bicyclic) bond motifs is 1. The van der Waals surface area contributed by atoms with Crippen LogP contribution in [0, 0.1) is 5.92 Å². The molecule has 2 aromatic rings. The van der Waals surface area contributed by atoms with Crippen LogP contribution in [0.3, 0.4) is 0 Å². The summed E-state index contributed by atoms with van der Waals surface area (Å²) in [4.78, 5) is 6.63. The second kappa shape index (κ2) is 4.31. The lowest BCUT2D eigenvalue weighted by Crippen LogP contribution is -2.33. The first-order chi connectivity index (χ1) is 9.31. The third-order valence-corrected chi connectivity index (χ3v) is 4.71. The van der Waals surface area contributed by atoms with Crippen LogP contribution in [-0.2, 0) is 13.1 Å². The van der Waals surface area contributed by atoms with Gasteiger partial charge in [0.2, 0.25) is 0 Å². The Bertz CT molecular complexity index is 575. The van der Waals surface area contributed by atoms with Gasteiger partial charge in [-0.2, -0.15) is 5.10 Å². The van der Waals surface area contributed by atoms with Crippen LogP contribution < -0.4 is 4.90 Å². The second-order valence-electron chi connectivity index (χ2n) is 5.30. The molecule has 0 amide bonds. The average molecular weight is 276 g/mol. The molecule has 6 heteroatoms. The molecule has 5 nitrogen and oxygen atoms in total. The van der Waals surface area contributed by atoms with E-state index in [4.69, 9.17) is 0 Å². The lowest BCUT2D eigenvalue weighted by Gasteiger charge is -2.26. The van der Waals surface area contributed by atoms with Crippen molar-refractivity contribution in [2.75, 3.05) is 11.4 Å². The highest BCUT2D eigenvalue weighted by Gasteiger charge is 2.33. The smallest absolute Gasteiger partial charge is 0.185 e. The van der Waals surface area contributed by atoms with E-state index in [-0.39, 0.29) is 6.10 Å². The van der Waals surface area contributed by atoms with Crippen LogP contribution in [0.5, 0.6) is 0 Å². The van der Waals surface area contributed by atoms with E-state index in [9.17, 15) is 5.11 Å². The maximum Gasteiger partial charge on any atom is 0.185 e. The zero-order valence-corrected chi connectivity index (χ0v) is 11.4. The third kappa shape index (κ3) is 2.04. The van der Waals surface area contributed by atoms with Gasteiger partial charge in [-0.1, -0.05) is 0 Å². The minimum atomic E-state index is -0.369. The van der Waals surface area contributed by atoms with Crippen molar-refractivity contribution in [1.29, 1.82) is 0 Å². The molecule has 2 aliphatic rings. The molecular formula is C13H16N4OS. The number of aromatic nitrogens is 3. The van der Waals surface area contributed by atoms with E-state index in [0.29, 0.717) is 5.92 Å². The molecule has 0 spiro atoms. The van der Waals surface area contributed by atoms with Crippen molar-refractivity contribution >= 4 is 16.5 Å². The van der Waals surface area contributed by atoms with Gasteiger partial charge in [-0.15, -0.1) is 11.3 Å². The van der Waals surface area contributed by atoms with Crippen molar-refractivity contribution in [3.63, 3.8) is 0 Å². The molecule has 1 aliphatic carbocycles. The van der Waals surface area contributed by atoms with Gasteiger partial charge in [-0.25, -0.2) is 4.98 Å². The van der Waals surface area contributed by atoms with E-state index in [1.807, 2.05) is 16.3 Å².